The van der Waals surface area contributed by atoms with Crippen molar-refractivity contribution in [2.75, 3.05) is 18.0 Å². The average Bonchev–Trinajstić information content (AvgIpc) is 3.65. The van der Waals surface area contributed by atoms with Crippen molar-refractivity contribution in [3.63, 3.8) is 0 Å². The highest BCUT2D eigenvalue weighted by Crippen LogP contribution is 2.36. The molecular weight excluding hydrogens is 496 g/mol. The molecule has 0 unspecified atom stereocenters. The number of piperidine rings is 1. The summed E-state index contributed by atoms with van der Waals surface area (Å²) in [7, 11) is -3.60. The maximum Gasteiger partial charge on any atom is 0.243 e. The summed E-state index contributed by atoms with van der Waals surface area (Å²) in [6, 6.07) is 8.07. The molecule has 3 heterocycles. The number of fused-ring (bicyclic) bond motifs is 1. The van der Waals surface area contributed by atoms with E-state index in [9.17, 15) is 8.42 Å². The first-order valence-electron chi connectivity index (χ1n) is 12.6. The molecule has 188 valence electrons. The maximum atomic E-state index is 13.0. The number of hydrogen-bond acceptors (Lipinski definition) is 6. The van der Waals surface area contributed by atoms with E-state index in [1.165, 1.54) is 24.6 Å². The number of benzene rings is 1. The minimum atomic E-state index is -3.60. The Balaban J connectivity index is 1.12. The van der Waals surface area contributed by atoms with Gasteiger partial charge >= 0.3 is 0 Å². The predicted molar refractivity (Wildman–Crippen MR) is 140 cm³/mol. The number of rotatable bonds is 6. The van der Waals surface area contributed by atoms with Crippen molar-refractivity contribution in [3.8, 4) is 0 Å². The third-order valence-corrected chi connectivity index (χ3v) is 9.27. The Hall–Kier alpha value is -2.75. The van der Waals surface area contributed by atoms with Gasteiger partial charge in [0.1, 0.15) is 17.0 Å². The largest absolute Gasteiger partial charge is 0.356 e. The van der Waals surface area contributed by atoms with Crippen molar-refractivity contribution in [2.24, 2.45) is 0 Å². The number of sulfonamides is 1. The first kappa shape index (κ1) is 23.6. The minimum absolute atomic E-state index is 0.115. The van der Waals surface area contributed by atoms with Crippen molar-refractivity contribution in [1.82, 2.24) is 24.5 Å². The SMILES string of the molecule is O=S(=O)(NC1CCN(c2ncnc3c2C=C(c2ccc(Cl)cc2)C3)CC1)c1cnn(C2CCCC2)c1. The number of halogens is 1. The lowest BCUT2D eigenvalue weighted by Gasteiger charge is -2.33. The monoisotopic (exact) mass is 524 g/mol. The second kappa shape index (κ2) is 9.61. The zero-order valence-corrected chi connectivity index (χ0v) is 21.5. The van der Waals surface area contributed by atoms with Gasteiger partial charge in [-0.15, -0.1) is 0 Å². The second-order valence-corrected chi connectivity index (χ2v) is 12.0. The van der Waals surface area contributed by atoms with Crippen LogP contribution in [0.1, 0.15) is 61.4 Å². The van der Waals surface area contributed by atoms with E-state index in [1.807, 2.05) is 28.9 Å². The molecule has 1 N–H and O–H groups in total. The summed E-state index contributed by atoms with van der Waals surface area (Å²) in [5, 5.41) is 5.06. The van der Waals surface area contributed by atoms with E-state index in [4.69, 9.17) is 11.6 Å². The summed E-state index contributed by atoms with van der Waals surface area (Å²) in [5.74, 6) is 0.920. The molecule has 2 aromatic heterocycles. The zero-order chi connectivity index (χ0) is 24.7. The molecule has 0 atom stereocenters. The van der Waals surface area contributed by atoms with Crippen molar-refractivity contribution < 1.29 is 8.42 Å². The Morgan fingerprint density at radius 2 is 1.75 bits per heavy atom. The highest BCUT2D eigenvalue weighted by Gasteiger charge is 2.29. The van der Waals surface area contributed by atoms with Crippen LogP contribution in [-0.2, 0) is 16.4 Å². The summed E-state index contributed by atoms with van der Waals surface area (Å²) in [6.45, 7) is 1.45. The molecule has 3 aromatic rings. The van der Waals surface area contributed by atoms with E-state index in [-0.39, 0.29) is 10.9 Å². The molecule has 36 heavy (non-hydrogen) atoms. The van der Waals surface area contributed by atoms with Gasteiger partial charge in [-0.1, -0.05) is 36.6 Å². The molecule has 1 saturated heterocycles. The molecule has 2 aliphatic carbocycles. The summed E-state index contributed by atoms with van der Waals surface area (Å²) in [5.41, 5.74) is 4.41. The fourth-order valence-electron chi connectivity index (χ4n) is 5.54. The molecule has 10 heteroatoms. The second-order valence-electron chi connectivity index (χ2n) is 9.89. The van der Waals surface area contributed by atoms with Gasteiger partial charge in [0.15, 0.2) is 0 Å². The summed E-state index contributed by atoms with van der Waals surface area (Å²) in [6.07, 6.45) is 13.6. The Morgan fingerprint density at radius 3 is 2.50 bits per heavy atom. The Bertz CT molecular complexity index is 1390. The van der Waals surface area contributed by atoms with Crippen LogP contribution in [-0.4, -0.2) is 47.3 Å². The standard InChI is InChI=1S/C26H29ClN6O2S/c27-20-7-5-18(6-8-20)19-13-24-25(14-19)28-17-29-26(24)32-11-9-21(10-12-32)31-36(34,35)23-15-30-33(16-23)22-3-1-2-4-22/h5-8,13,15-17,21-22,31H,1-4,9-12,14H2. The molecule has 2 fully saturated rings. The summed E-state index contributed by atoms with van der Waals surface area (Å²) >= 11 is 6.05. The van der Waals surface area contributed by atoms with E-state index < -0.39 is 10.0 Å². The number of nitrogens with zero attached hydrogens (tertiary/aromatic N) is 5. The van der Waals surface area contributed by atoms with Crippen LogP contribution in [0.2, 0.25) is 5.02 Å². The first-order valence-corrected chi connectivity index (χ1v) is 14.4. The van der Waals surface area contributed by atoms with Crippen molar-refractivity contribution >= 4 is 39.1 Å². The molecule has 1 aliphatic heterocycles. The van der Waals surface area contributed by atoms with Crippen LogP contribution in [0.15, 0.2) is 47.9 Å². The minimum Gasteiger partial charge on any atom is -0.356 e. The van der Waals surface area contributed by atoms with E-state index in [0.717, 1.165) is 60.0 Å². The van der Waals surface area contributed by atoms with Crippen LogP contribution in [0, 0.1) is 0 Å². The number of hydrogen-bond donors (Lipinski definition) is 1. The Morgan fingerprint density at radius 1 is 1.00 bits per heavy atom. The van der Waals surface area contributed by atoms with Gasteiger partial charge in [0.25, 0.3) is 0 Å². The number of nitrogens with one attached hydrogen (secondary N) is 1. The smallest absolute Gasteiger partial charge is 0.243 e. The highest BCUT2D eigenvalue weighted by molar-refractivity contribution is 7.89. The van der Waals surface area contributed by atoms with Crippen LogP contribution in [0.4, 0.5) is 5.82 Å². The molecule has 0 radical (unpaired) electrons. The van der Waals surface area contributed by atoms with Crippen molar-refractivity contribution in [2.45, 2.75) is 61.9 Å². The van der Waals surface area contributed by atoms with Gasteiger partial charge < -0.3 is 4.90 Å². The molecule has 0 amide bonds. The number of allylic oxidation sites excluding steroid dienone is 1. The van der Waals surface area contributed by atoms with Gasteiger partial charge in [-0.2, -0.15) is 5.10 Å². The molecule has 8 nitrogen and oxygen atoms in total. The fourth-order valence-corrected chi connectivity index (χ4v) is 6.91. The lowest BCUT2D eigenvalue weighted by atomic mass is 10.1. The van der Waals surface area contributed by atoms with Crippen LogP contribution < -0.4 is 9.62 Å². The van der Waals surface area contributed by atoms with Gasteiger partial charge in [-0.05, 0) is 55.0 Å². The molecule has 1 aromatic carbocycles. The van der Waals surface area contributed by atoms with Crippen LogP contribution in [0.5, 0.6) is 0 Å². The van der Waals surface area contributed by atoms with Gasteiger partial charge in [0.05, 0.1) is 17.9 Å². The number of anilines is 1. The number of aromatic nitrogens is 4. The lowest BCUT2D eigenvalue weighted by molar-refractivity contribution is 0.457. The van der Waals surface area contributed by atoms with E-state index >= 15 is 0 Å². The third kappa shape index (κ3) is 4.67. The van der Waals surface area contributed by atoms with Crippen molar-refractivity contribution in [3.05, 3.63) is 64.8 Å². The average molecular weight is 525 g/mol. The summed E-state index contributed by atoms with van der Waals surface area (Å²) in [4.78, 5) is 11.6. The van der Waals surface area contributed by atoms with Gasteiger partial charge in [-0.25, -0.2) is 23.1 Å². The topological polar surface area (TPSA) is 93.0 Å². The van der Waals surface area contributed by atoms with Crippen LogP contribution >= 0.6 is 11.6 Å². The predicted octanol–water partition coefficient (Wildman–Crippen LogP) is 4.49. The van der Waals surface area contributed by atoms with E-state index in [1.54, 1.807) is 12.5 Å². The third-order valence-electron chi connectivity index (χ3n) is 7.54. The summed E-state index contributed by atoms with van der Waals surface area (Å²) < 4.78 is 30.8. The highest BCUT2D eigenvalue weighted by atomic mass is 35.5. The van der Waals surface area contributed by atoms with Crippen LogP contribution in [0.3, 0.4) is 0 Å². The van der Waals surface area contributed by atoms with Gasteiger partial charge in [0.2, 0.25) is 10.0 Å². The zero-order valence-electron chi connectivity index (χ0n) is 20.0. The fraction of sp³-hybridized carbons (Fsp3) is 0.423. The normalized spacial score (nSPS) is 19.0. The molecule has 1 saturated carbocycles. The first-order chi connectivity index (χ1) is 17.5. The Kier molecular flexibility index (Phi) is 6.31. The lowest BCUT2D eigenvalue weighted by Crippen LogP contribution is -2.45. The molecule has 3 aliphatic rings. The van der Waals surface area contributed by atoms with E-state index in [2.05, 4.69) is 30.8 Å². The molecular formula is C26H29ClN6O2S. The molecule has 0 bridgehead atoms. The maximum absolute atomic E-state index is 13.0. The molecule has 0 spiro atoms. The van der Waals surface area contributed by atoms with Crippen molar-refractivity contribution in [1.29, 1.82) is 0 Å². The molecule has 6 rings (SSSR count). The van der Waals surface area contributed by atoms with E-state index in [0.29, 0.717) is 18.9 Å². The Labute approximate surface area is 216 Å². The van der Waals surface area contributed by atoms with Gasteiger partial charge in [0, 0.05) is 42.3 Å². The quantitative estimate of drug-likeness (QED) is 0.511. The van der Waals surface area contributed by atoms with Crippen LogP contribution in [0.25, 0.3) is 11.6 Å². The van der Waals surface area contributed by atoms with Gasteiger partial charge in [-0.3, -0.25) is 4.68 Å².